The Morgan fingerprint density at radius 3 is 2.83 bits per heavy atom. The van der Waals surface area contributed by atoms with Gasteiger partial charge in [0.15, 0.2) is 0 Å². The second kappa shape index (κ2) is 7.49. The first-order valence-corrected chi connectivity index (χ1v) is 5.43. The Hall–Kier alpha value is -0.160. The van der Waals surface area contributed by atoms with Crippen molar-refractivity contribution in [3.05, 3.63) is 11.1 Å². The summed E-state index contributed by atoms with van der Waals surface area (Å²) in [4.78, 5) is 10.9. The van der Waals surface area contributed by atoms with Gasteiger partial charge in [0, 0.05) is 12.3 Å². The summed E-state index contributed by atoms with van der Waals surface area (Å²) < 4.78 is 3.49. The van der Waals surface area contributed by atoms with E-state index >= 15 is 0 Å². The van der Waals surface area contributed by atoms with Crippen molar-refractivity contribution >= 4 is 33.9 Å². The van der Waals surface area contributed by atoms with Gasteiger partial charge in [-0.05, 0) is 22.9 Å². The zero-order chi connectivity index (χ0) is 9.40. The van der Waals surface area contributed by atoms with Gasteiger partial charge in [-0.15, -0.1) is 0 Å². The molecule has 2 amide bonds. The van der Waals surface area contributed by atoms with Crippen LogP contribution in [-0.2, 0) is 0 Å². The van der Waals surface area contributed by atoms with E-state index in [1.165, 1.54) is 11.9 Å². The third-order valence-corrected chi connectivity index (χ3v) is 2.40. The Labute approximate surface area is 85.6 Å². The van der Waals surface area contributed by atoms with Gasteiger partial charge >= 0.3 is 6.03 Å². The highest BCUT2D eigenvalue weighted by Gasteiger charge is 1.97. The summed E-state index contributed by atoms with van der Waals surface area (Å²) in [5.74, 6) is 0.680. The van der Waals surface area contributed by atoms with Crippen LogP contribution in [0.4, 0.5) is 4.79 Å². The van der Waals surface area contributed by atoms with E-state index in [2.05, 4.69) is 32.5 Å². The van der Waals surface area contributed by atoms with Crippen LogP contribution in [0.1, 0.15) is 13.3 Å². The molecule has 0 radical (unpaired) electrons. The van der Waals surface area contributed by atoms with Crippen LogP contribution in [0.5, 0.6) is 0 Å². The molecule has 0 fully saturated rings. The van der Waals surface area contributed by atoms with E-state index in [4.69, 9.17) is 0 Å². The van der Waals surface area contributed by atoms with Crippen molar-refractivity contribution in [1.82, 2.24) is 10.0 Å². The number of hydrogen-bond donors (Lipinski definition) is 2. The van der Waals surface area contributed by atoms with E-state index in [0.717, 1.165) is 10.9 Å². The van der Waals surface area contributed by atoms with Gasteiger partial charge in [-0.3, -0.25) is 4.72 Å². The Kier molecular flexibility index (Phi) is 7.39. The van der Waals surface area contributed by atoms with Crippen molar-refractivity contribution in [2.24, 2.45) is 0 Å². The Bertz CT molecular complexity index is 163. The molecule has 0 unspecified atom stereocenters. The van der Waals surface area contributed by atoms with Crippen LogP contribution in [0.2, 0.25) is 0 Å². The van der Waals surface area contributed by atoms with E-state index in [-0.39, 0.29) is 6.03 Å². The van der Waals surface area contributed by atoms with E-state index in [1.807, 2.05) is 6.92 Å². The summed E-state index contributed by atoms with van der Waals surface area (Å²) in [5, 5.41) is 2.69. The molecule has 5 heteroatoms. The van der Waals surface area contributed by atoms with Gasteiger partial charge in [-0.2, -0.15) is 0 Å². The highest BCUT2D eigenvalue weighted by Crippen LogP contribution is 2.07. The van der Waals surface area contributed by atoms with Gasteiger partial charge in [-0.25, -0.2) is 4.79 Å². The van der Waals surface area contributed by atoms with Gasteiger partial charge in [0.05, 0.1) is 0 Å². The largest absolute Gasteiger partial charge is 0.337 e. The van der Waals surface area contributed by atoms with Crippen molar-refractivity contribution in [3.8, 4) is 0 Å². The van der Waals surface area contributed by atoms with Crippen molar-refractivity contribution in [3.63, 3.8) is 0 Å². The van der Waals surface area contributed by atoms with E-state index in [0.29, 0.717) is 12.3 Å². The molecular formula is C7H13BrN2OS. The summed E-state index contributed by atoms with van der Waals surface area (Å²) in [5.41, 5.74) is 0. The first-order chi connectivity index (χ1) is 5.66. The number of halogens is 1. The minimum atomic E-state index is -0.143. The summed E-state index contributed by atoms with van der Waals surface area (Å²) in [7, 11) is 0. The molecule has 0 aromatic heterocycles. The van der Waals surface area contributed by atoms with Gasteiger partial charge in [0.1, 0.15) is 0 Å². The number of carbonyl (C=O) groups excluding carboxylic acids is 1. The van der Waals surface area contributed by atoms with Crippen LogP contribution >= 0.6 is 27.9 Å². The number of urea groups is 1. The second-order valence-electron chi connectivity index (χ2n) is 2.16. The molecule has 3 nitrogen and oxygen atoms in total. The summed E-state index contributed by atoms with van der Waals surface area (Å²) in [6.45, 7) is 6.36. The van der Waals surface area contributed by atoms with Crippen molar-refractivity contribution in [1.29, 1.82) is 0 Å². The summed E-state index contributed by atoms with van der Waals surface area (Å²) in [6.07, 6.45) is 0.948. The zero-order valence-electron chi connectivity index (χ0n) is 7.02. The van der Waals surface area contributed by atoms with Crippen LogP contribution in [-0.4, -0.2) is 18.3 Å². The molecule has 12 heavy (non-hydrogen) atoms. The topological polar surface area (TPSA) is 41.1 Å². The SMILES string of the molecule is C=C(Br)CSNC(=O)NCCC. The maximum absolute atomic E-state index is 10.9. The Morgan fingerprint density at radius 2 is 2.33 bits per heavy atom. The Balaban J connectivity index is 3.25. The lowest BCUT2D eigenvalue weighted by molar-refractivity contribution is 0.246. The smallest absolute Gasteiger partial charge is 0.324 e. The van der Waals surface area contributed by atoms with E-state index in [9.17, 15) is 4.79 Å². The zero-order valence-corrected chi connectivity index (χ0v) is 9.43. The molecule has 0 rings (SSSR count). The normalized spacial score (nSPS) is 9.17. The fourth-order valence-electron chi connectivity index (χ4n) is 0.455. The fraction of sp³-hybridized carbons (Fsp3) is 0.571. The summed E-state index contributed by atoms with van der Waals surface area (Å²) in [6, 6.07) is -0.143. The number of hydrogen-bond acceptors (Lipinski definition) is 2. The maximum atomic E-state index is 10.9. The van der Waals surface area contributed by atoms with Crippen LogP contribution in [0.15, 0.2) is 11.1 Å². The predicted octanol–water partition coefficient (Wildman–Crippen LogP) is 2.25. The van der Waals surface area contributed by atoms with Crippen LogP contribution in [0.3, 0.4) is 0 Å². The van der Waals surface area contributed by atoms with Gasteiger partial charge in [-0.1, -0.05) is 29.4 Å². The van der Waals surface area contributed by atoms with Gasteiger partial charge in [0.25, 0.3) is 0 Å². The Morgan fingerprint density at radius 1 is 1.67 bits per heavy atom. The van der Waals surface area contributed by atoms with Crippen LogP contribution in [0, 0.1) is 0 Å². The molecule has 70 valence electrons. The molecule has 0 aromatic carbocycles. The monoisotopic (exact) mass is 252 g/mol. The second-order valence-corrected chi connectivity index (χ2v) is 4.07. The van der Waals surface area contributed by atoms with Crippen molar-refractivity contribution < 1.29 is 4.79 Å². The quantitative estimate of drug-likeness (QED) is 0.738. The molecule has 0 aliphatic heterocycles. The van der Waals surface area contributed by atoms with E-state index in [1.54, 1.807) is 0 Å². The standard InChI is InChI=1S/C7H13BrN2OS/c1-3-4-9-7(11)10-12-5-6(2)8/h2-5H2,1H3,(H2,9,10,11). The lowest BCUT2D eigenvalue weighted by Gasteiger charge is -2.04. The number of amides is 2. The van der Waals surface area contributed by atoms with Crippen LogP contribution in [0.25, 0.3) is 0 Å². The van der Waals surface area contributed by atoms with Crippen molar-refractivity contribution in [2.45, 2.75) is 13.3 Å². The number of carbonyl (C=O) groups is 1. The molecule has 0 saturated heterocycles. The average Bonchev–Trinajstić information content (AvgIpc) is 2.00. The lowest BCUT2D eigenvalue weighted by atomic mass is 10.5. The third-order valence-electron chi connectivity index (χ3n) is 0.929. The molecule has 0 spiro atoms. The molecule has 0 aliphatic rings. The minimum Gasteiger partial charge on any atom is -0.337 e. The van der Waals surface area contributed by atoms with Gasteiger partial charge in [0.2, 0.25) is 0 Å². The lowest BCUT2D eigenvalue weighted by Crippen LogP contribution is -2.31. The van der Waals surface area contributed by atoms with Crippen molar-refractivity contribution in [2.75, 3.05) is 12.3 Å². The highest BCUT2D eigenvalue weighted by molar-refractivity contribution is 9.11. The molecule has 0 atom stereocenters. The first-order valence-electron chi connectivity index (χ1n) is 3.65. The summed E-state index contributed by atoms with van der Waals surface area (Å²) >= 11 is 4.50. The van der Waals surface area contributed by atoms with Crippen LogP contribution < -0.4 is 10.0 Å². The number of rotatable bonds is 5. The molecule has 0 heterocycles. The third kappa shape index (κ3) is 7.94. The molecule has 0 aromatic rings. The maximum Gasteiger partial charge on any atom is 0.324 e. The predicted molar refractivity (Wildman–Crippen MR) is 57.4 cm³/mol. The minimum absolute atomic E-state index is 0.143. The van der Waals surface area contributed by atoms with Gasteiger partial charge < -0.3 is 5.32 Å². The highest BCUT2D eigenvalue weighted by atomic mass is 79.9. The average molecular weight is 253 g/mol. The molecule has 2 N–H and O–H groups in total. The first kappa shape index (κ1) is 11.8. The molecule has 0 saturated carbocycles. The molecular weight excluding hydrogens is 240 g/mol. The van der Waals surface area contributed by atoms with E-state index < -0.39 is 0 Å². The number of nitrogens with one attached hydrogen (secondary N) is 2. The fourth-order valence-corrected chi connectivity index (χ4v) is 1.23. The molecule has 0 aliphatic carbocycles. The molecule has 0 bridgehead atoms.